The van der Waals surface area contributed by atoms with Crippen LogP contribution in [0.2, 0.25) is 0 Å². The van der Waals surface area contributed by atoms with Crippen molar-refractivity contribution in [2.45, 2.75) is 62.8 Å². The van der Waals surface area contributed by atoms with Crippen LogP contribution in [0.1, 0.15) is 63.4 Å². The van der Waals surface area contributed by atoms with Crippen LogP contribution < -0.4 is 0 Å². The fourth-order valence-electron chi connectivity index (χ4n) is 3.38. The van der Waals surface area contributed by atoms with Crippen molar-refractivity contribution in [3.63, 3.8) is 0 Å². The van der Waals surface area contributed by atoms with Crippen molar-refractivity contribution in [2.24, 2.45) is 17.8 Å². The van der Waals surface area contributed by atoms with Crippen molar-refractivity contribution < 1.29 is 19.8 Å². The lowest BCUT2D eigenvalue weighted by atomic mass is 9.91. The Kier molecular flexibility index (Phi) is 9.11. The number of allylic oxidation sites excluding steroid dienone is 2. The molecule has 1 aromatic heterocycles. The number of aromatic nitrogens is 1. The molecule has 5 nitrogen and oxygen atoms in total. The van der Waals surface area contributed by atoms with E-state index >= 15 is 0 Å². The minimum atomic E-state index is -1.01. The summed E-state index contributed by atoms with van der Waals surface area (Å²) in [6.07, 6.45) is 11.7. The van der Waals surface area contributed by atoms with Crippen molar-refractivity contribution in [1.29, 1.82) is 0 Å². The molecule has 0 saturated heterocycles. The Morgan fingerprint density at radius 1 is 1.45 bits per heavy atom. The molecule has 0 amide bonds. The third-order valence-electron chi connectivity index (χ3n) is 5.01. The standard InChI is InChI=1S/C22H31NO4S2/c1-15(2)6-4-11-22(3,27)12-5-7-16-8-9-19(24)17(16)10-13-28-21-23-18(14-29-21)20(25)26/h4-5,7,11,14-17,27H,6,8-10,12-13H2,1-3H3,(H,25,26)/b7-5+,11-4+/t16-,17+,22-/m0/s1. The van der Waals surface area contributed by atoms with Crippen LogP contribution in [0.25, 0.3) is 0 Å². The molecule has 2 N–H and O–H groups in total. The van der Waals surface area contributed by atoms with Crippen LogP contribution in [0.15, 0.2) is 34.0 Å². The van der Waals surface area contributed by atoms with E-state index in [1.54, 1.807) is 5.38 Å². The highest BCUT2D eigenvalue weighted by Gasteiger charge is 2.32. The number of thioether (sulfide) groups is 1. The second kappa shape index (κ2) is 11.1. The van der Waals surface area contributed by atoms with Crippen molar-refractivity contribution in [3.05, 3.63) is 35.4 Å². The van der Waals surface area contributed by atoms with Gasteiger partial charge in [0.1, 0.15) is 5.78 Å². The van der Waals surface area contributed by atoms with Gasteiger partial charge in [-0.1, -0.05) is 49.9 Å². The van der Waals surface area contributed by atoms with Gasteiger partial charge in [-0.25, -0.2) is 9.78 Å². The molecular weight excluding hydrogens is 406 g/mol. The van der Waals surface area contributed by atoms with Gasteiger partial charge in [0.25, 0.3) is 0 Å². The summed E-state index contributed by atoms with van der Waals surface area (Å²) in [5, 5.41) is 20.9. The predicted octanol–water partition coefficient (Wildman–Crippen LogP) is 5.22. The Bertz CT molecular complexity index is 752. The number of rotatable bonds is 11. The number of carboxylic acids is 1. The number of aromatic carboxylic acids is 1. The molecule has 0 bridgehead atoms. The maximum atomic E-state index is 12.3. The molecule has 1 aromatic rings. The summed E-state index contributed by atoms with van der Waals surface area (Å²) in [6, 6.07) is 0. The molecule has 3 atom stereocenters. The number of Topliss-reactive ketones (excluding diaryl/α,β-unsaturated/α-hetero) is 1. The Morgan fingerprint density at radius 3 is 2.86 bits per heavy atom. The third-order valence-corrected chi connectivity index (χ3v) is 7.06. The van der Waals surface area contributed by atoms with Gasteiger partial charge in [0.2, 0.25) is 0 Å². The van der Waals surface area contributed by atoms with Gasteiger partial charge in [0.05, 0.1) is 5.60 Å². The highest BCUT2D eigenvalue weighted by molar-refractivity contribution is 8.01. The van der Waals surface area contributed by atoms with E-state index < -0.39 is 11.6 Å². The highest BCUT2D eigenvalue weighted by Crippen LogP contribution is 2.35. The topological polar surface area (TPSA) is 87.5 Å². The van der Waals surface area contributed by atoms with Crippen molar-refractivity contribution in [3.8, 4) is 0 Å². The molecule has 0 spiro atoms. The van der Waals surface area contributed by atoms with Gasteiger partial charge >= 0.3 is 5.97 Å². The number of carboxylic acid groups (broad SMARTS) is 1. The molecule has 1 fully saturated rings. The number of hydrogen-bond acceptors (Lipinski definition) is 6. The minimum absolute atomic E-state index is 0.000844. The molecule has 1 aliphatic carbocycles. The zero-order valence-corrected chi connectivity index (χ0v) is 19.0. The van der Waals surface area contributed by atoms with Gasteiger partial charge in [-0.3, -0.25) is 4.79 Å². The van der Waals surface area contributed by atoms with E-state index in [0.29, 0.717) is 24.5 Å². The Labute approximate surface area is 181 Å². The van der Waals surface area contributed by atoms with E-state index in [9.17, 15) is 14.7 Å². The smallest absolute Gasteiger partial charge is 0.355 e. The lowest BCUT2D eigenvalue weighted by molar-refractivity contribution is -0.121. The maximum absolute atomic E-state index is 12.3. The normalized spacial score (nSPS) is 22.2. The summed E-state index contributed by atoms with van der Waals surface area (Å²) in [5.41, 5.74) is -0.795. The van der Waals surface area contributed by atoms with E-state index in [1.165, 1.54) is 23.1 Å². The molecule has 0 radical (unpaired) electrons. The van der Waals surface area contributed by atoms with E-state index in [1.807, 2.05) is 25.2 Å². The molecule has 0 aliphatic heterocycles. The lowest BCUT2D eigenvalue weighted by Crippen LogP contribution is -2.20. The van der Waals surface area contributed by atoms with Crippen LogP contribution >= 0.6 is 23.1 Å². The van der Waals surface area contributed by atoms with Crippen LogP contribution in [0.5, 0.6) is 0 Å². The number of carbonyl (C=O) groups is 2. The van der Waals surface area contributed by atoms with Gasteiger partial charge in [-0.15, -0.1) is 11.3 Å². The van der Waals surface area contributed by atoms with Crippen molar-refractivity contribution >= 4 is 34.9 Å². The zero-order valence-electron chi connectivity index (χ0n) is 17.3. The van der Waals surface area contributed by atoms with E-state index in [0.717, 1.165) is 29.4 Å². The van der Waals surface area contributed by atoms with Crippen LogP contribution in [-0.2, 0) is 4.79 Å². The molecule has 0 aromatic carbocycles. The largest absolute Gasteiger partial charge is 0.476 e. The average molecular weight is 438 g/mol. The van der Waals surface area contributed by atoms with Crippen molar-refractivity contribution in [1.82, 2.24) is 4.98 Å². The van der Waals surface area contributed by atoms with Gasteiger partial charge in [0, 0.05) is 23.5 Å². The molecule has 1 heterocycles. The number of thiazole rings is 1. The lowest BCUT2D eigenvalue weighted by Gasteiger charge is -2.18. The average Bonchev–Trinajstić information content (AvgIpc) is 3.23. The Balaban J connectivity index is 1.83. The second-order valence-corrected chi connectivity index (χ2v) is 10.4. The SMILES string of the molecule is CC(C)C/C=C/[C@](C)(O)C/C=C/[C@H]1CCC(=O)[C@@H]1CCSc1nc(C(=O)O)cs1. The summed E-state index contributed by atoms with van der Waals surface area (Å²) < 4.78 is 0.726. The molecule has 1 aliphatic rings. The zero-order chi connectivity index (χ0) is 21.4. The summed E-state index contributed by atoms with van der Waals surface area (Å²) in [5.74, 6) is 0.806. The Morgan fingerprint density at radius 2 is 2.21 bits per heavy atom. The molecule has 0 unspecified atom stereocenters. The number of nitrogens with zero attached hydrogens (tertiary/aromatic N) is 1. The minimum Gasteiger partial charge on any atom is -0.476 e. The molecular formula is C22H31NO4S2. The second-order valence-electron chi connectivity index (χ2n) is 8.24. The first-order chi connectivity index (χ1) is 13.7. The van der Waals surface area contributed by atoms with Gasteiger partial charge in [-0.2, -0.15) is 0 Å². The number of aliphatic hydroxyl groups is 1. The Hall–Kier alpha value is -1.44. The van der Waals surface area contributed by atoms with Gasteiger partial charge < -0.3 is 10.2 Å². The van der Waals surface area contributed by atoms with Crippen LogP contribution in [0.4, 0.5) is 0 Å². The summed E-state index contributed by atoms with van der Waals surface area (Å²) in [6.45, 7) is 6.10. The molecule has 2 rings (SSSR count). The van der Waals surface area contributed by atoms with E-state index in [-0.39, 0.29) is 17.5 Å². The van der Waals surface area contributed by atoms with E-state index in [2.05, 4.69) is 24.9 Å². The first kappa shape index (κ1) is 23.8. The quantitative estimate of drug-likeness (QED) is 0.365. The third kappa shape index (κ3) is 8.07. The monoisotopic (exact) mass is 437 g/mol. The van der Waals surface area contributed by atoms with E-state index in [4.69, 9.17) is 5.11 Å². The molecule has 7 heteroatoms. The van der Waals surface area contributed by atoms with Crippen molar-refractivity contribution in [2.75, 3.05) is 5.75 Å². The number of ketones is 1. The first-order valence-electron chi connectivity index (χ1n) is 10.1. The summed E-state index contributed by atoms with van der Waals surface area (Å²) in [7, 11) is 0. The highest BCUT2D eigenvalue weighted by atomic mass is 32.2. The van der Waals surface area contributed by atoms with Crippen LogP contribution in [-0.4, -0.2) is 38.3 Å². The summed E-state index contributed by atoms with van der Waals surface area (Å²) in [4.78, 5) is 27.3. The fourth-order valence-corrected chi connectivity index (χ4v) is 5.27. The predicted molar refractivity (Wildman–Crippen MR) is 119 cm³/mol. The fraction of sp³-hybridized carbons (Fsp3) is 0.591. The van der Waals surface area contributed by atoms with Gasteiger partial charge in [-0.05, 0) is 44.4 Å². The summed E-state index contributed by atoms with van der Waals surface area (Å²) >= 11 is 2.83. The van der Waals surface area contributed by atoms with Crippen LogP contribution in [0, 0.1) is 17.8 Å². The van der Waals surface area contributed by atoms with Crippen LogP contribution in [0.3, 0.4) is 0 Å². The number of carbonyl (C=O) groups excluding carboxylic acids is 1. The number of hydrogen-bond donors (Lipinski definition) is 2. The molecule has 1 saturated carbocycles. The molecule has 160 valence electrons. The molecule has 29 heavy (non-hydrogen) atoms. The van der Waals surface area contributed by atoms with Gasteiger partial charge in [0.15, 0.2) is 10.0 Å². The first-order valence-corrected chi connectivity index (χ1v) is 12.0. The maximum Gasteiger partial charge on any atom is 0.355 e.